The average Bonchev–Trinajstić information content (AvgIpc) is 2.94. The first kappa shape index (κ1) is 27.6. The molecule has 6 nitrogen and oxygen atoms in total. The van der Waals surface area contributed by atoms with Crippen LogP contribution in [0.4, 0.5) is 4.39 Å². The van der Waals surface area contributed by atoms with Crippen molar-refractivity contribution in [2.75, 3.05) is 52.9 Å². The molecule has 3 aromatic carbocycles. The number of nitrogens with zero attached hydrogens (tertiary/aromatic N) is 3. The van der Waals surface area contributed by atoms with Gasteiger partial charge < -0.3 is 19.6 Å². The van der Waals surface area contributed by atoms with Crippen LogP contribution in [0.25, 0.3) is 11.1 Å². The van der Waals surface area contributed by atoms with Gasteiger partial charge in [0.05, 0.1) is 5.60 Å². The van der Waals surface area contributed by atoms with Gasteiger partial charge in [0.15, 0.2) is 6.61 Å². The van der Waals surface area contributed by atoms with E-state index >= 15 is 0 Å². The minimum atomic E-state index is -0.964. The molecule has 2 saturated heterocycles. The number of likely N-dealkylation sites (tertiary alicyclic amines) is 1. The lowest BCUT2D eigenvalue weighted by atomic mass is 9.84. The Morgan fingerprint density at radius 3 is 2.23 bits per heavy atom. The van der Waals surface area contributed by atoms with Gasteiger partial charge in [-0.1, -0.05) is 41.9 Å². The molecule has 39 heavy (non-hydrogen) atoms. The summed E-state index contributed by atoms with van der Waals surface area (Å²) < 4.78 is 19.6. The van der Waals surface area contributed by atoms with Crippen molar-refractivity contribution in [3.05, 3.63) is 88.7 Å². The van der Waals surface area contributed by atoms with E-state index in [1.165, 1.54) is 12.1 Å². The largest absolute Gasteiger partial charge is 0.483 e. The van der Waals surface area contributed by atoms with E-state index in [0.29, 0.717) is 43.2 Å². The van der Waals surface area contributed by atoms with Gasteiger partial charge in [0.1, 0.15) is 11.6 Å². The molecule has 2 heterocycles. The third-order valence-corrected chi connectivity index (χ3v) is 8.16. The highest BCUT2D eigenvalue weighted by Gasteiger charge is 2.35. The molecule has 0 bridgehead atoms. The second-order valence-corrected chi connectivity index (χ2v) is 11.1. The molecule has 0 aliphatic carbocycles. The Bertz CT molecular complexity index is 1270. The fraction of sp³-hybridized carbons (Fsp3) is 0.387. The molecule has 0 radical (unpaired) electrons. The average molecular weight is 552 g/mol. The Labute approximate surface area is 234 Å². The maximum atomic E-state index is 13.5. The van der Waals surface area contributed by atoms with Gasteiger partial charge in [0.2, 0.25) is 0 Å². The first-order valence-corrected chi connectivity index (χ1v) is 13.9. The molecule has 1 N–H and O–H groups in total. The summed E-state index contributed by atoms with van der Waals surface area (Å²) in [6, 6.07) is 19.7. The molecule has 3 aromatic rings. The number of amides is 1. The van der Waals surface area contributed by atoms with Crippen LogP contribution in [0.1, 0.15) is 24.0 Å². The van der Waals surface area contributed by atoms with E-state index in [9.17, 15) is 14.3 Å². The minimum Gasteiger partial charge on any atom is -0.483 e. The van der Waals surface area contributed by atoms with Crippen molar-refractivity contribution in [1.29, 1.82) is 0 Å². The molecule has 2 fully saturated rings. The zero-order valence-corrected chi connectivity index (χ0v) is 23.0. The van der Waals surface area contributed by atoms with Gasteiger partial charge in [-0.15, -0.1) is 0 Å². The van der Waals surface area contributed by atoms with Crippen molar-refractivity contribution in [3.63, 3.8) is 0 Å². The molecule has 206 valence electrons. The molecule has 0 saturated carbocycles. The van der Waals surface area contributed by atoms with E-state index in [2.05, 4.69) is 22.9 Å². The van der Waals surface area contributed by atoms with Crippen LogP contribution in [0.3, 0.4) is 0 Å². The molecule has 0 unspecified atom stereocenters. The highest BCUT2D eigenvalue weighted by atomic mass is 35.5. The summed E-state index contributed by atoms with van der Waals surface area (Å²) in [7, 11) is 2.13. The van der Waals surface area contributed by atoms with Gasteiger partial charge in [0.25, 0.3) is 5.91 Å². The van der Waals surface area contributed by atoms with Crippen molar-refractivity contribution in [3.8, 4) is 16.9 Å². The van der Waals surface area contributed by atoms with E-state index in [1.54, 1.807) is 29.2 Å². The lowest BCUT2D eigenvalue weighted by molar-refractivity contribution is -0.137. The molecule has 5 rings (SSSR count). The summed E-state index contributed by atoms with van der Waals surface area (Å²) in [5, 5.41) is 11.8. The number of hydrogen-bond donors (Lipinski definition) is 1. The SMILES string of the molecule is CN1CCN(Cc2cc(-c3ccc(F)cc3)ccc2OCC(=O)N2CCC(O)(c3ccc(Cl)cc3)CC2)CC1. The number of likely N-dealkylation sites (N-methyl/N-ethyl adjacent to an activating group) is 1. The highest BCUT2D eigenvalue weighted by molar-refractivity contribution is 6.30. The Morgan fingerprint density at radius 2 is 1.56 bits per heavy atom. The van der Waals surface area contributed by atoms with Gasteiger partial charge in [0, 0.05) is 56.4 Å². The summed E-state index contributed by atoms with van der Waals surface area (Å²) in [5.74, 6) is 0.323. The lowest BCUT2D eigenvalue weighted by Crippen LogP contribution is -2.46. The van der Waals surface area contributed by atoms with Crippen molar-refractivity contribution in [2.24, 2.45) is 0 Å². The summed E-state index contributed by atoms with van der Waals surface area (Å²) in [6.07, 6.45) is 0.919. The van der Waals surface area contributed by atoms with E-state index < -0.39 is 5.60 Å². The first-order valence-electron chi connectivity index (χ1n) is 13.5. The monoisotopic (exact) mass is 551 g/mol. The van der Waals surface area contributed by atoms with Crippen LogP contribution in [0.15, 0.2) is 66.7 Å². The fourth-order valence-corrected chi connectivity index (χ4v) is 5.44. The normalized spacial score (nSPS) is 18.2. The standard InChI is InChI=1S/C31H35ClFN3O3/c1-34-16-18-35(19-17-34)21-25-20-24(23-2-9-28(33)10-3-23)4-11-29(25)39-22-30(37)36-14-12-31(38,13-15-36)26-5-7-27(32)8-6-26/h2-11,20,38H,12-19,21-22H2,1H3. The van der Waals surface area contributed by atoms with Crippen LogP contribution in [0.5, 0.6) is 5.75 Å². The molecule has 0 spiro atoms. The van der Waals surface area contributed by atoms with E-state index in [4.69, 9.17) is 16.3 Å². The van der Waals surface area contributed by atoms with Gasteiger partial charge in [-0.05, 0) is 73.0 Å². The summed E-state index contributed by atoms with van der Waals surface area (Å²) >= 11 is 6.00. The van der Waals surface area contributed by atoms with Crippen molar-refractivity contribution < 1.29 is 19.0 Å². The van der Waals surface area contributed by atoms with E-state index in [-0.39, 0.29) is 18.3 Å². The first-order chi connectivity index (χ1) is 18.8. The van der Waals surface area contributed by atoms with Crippen LogP contribution in [-0.2, 0) is 16.9 Å². The molecule has 2 aliphatic rings. The smallest absolute Gasteiger partial charge is 0.260 e. The molecule has 8 heteroatoms. The van der Waals surface area contributed by atoms with Crippen molar-refractivity contribution in [1.82, 2.24) is 14.7 Å². The minimum absolute atomic E-state index is 0.0645. The number of ether oxygens (including phenoxy) is 1. The number of carbonyl (C=O) groups is 1. The fourth-order valence-electron chi connectivity index (χ4n) is 5.32. The third kappa shape index (κ3) is 6.79. The number of piperidine rings is 1. The number of piperazine rings is 1. The van der Waals surface area contributed by atoms with Crippen LogP contribution in [0, 0.1) is 5.82 Å². The number of carbonyl (C=O) groups excluding carboxylic acids is 1. The number of benzene rings is 3. The van der Waals surface area contributed by atoms with Crippen molar-refractivity contribution in [2.45, 2.75) is 25.0 Å². The number of hydrogen-bond acceptors (Lipinski definition) is 5. The molecule has 0 atom stereocenters. The quantitative estimate of drug-likeness (QED) is 0.458. The third-order valence-electron chi connectivity index (χ3n) is 7.90. The number of rotatable bonds is 7. The molecule has 2 aliphatic heterocycles. The Kier molecular flexibility index (Phi) is 8.52. The number of aliphatic hydroxyl groups is 1. The topological polar surface area (TPSA) is 56.2 Å². The zero-order chi connectivity index (χ0) is 27.4. The van der Waals surface area contributed by atoms with Crippen LogP contribution in [-0.4, -0.2) is 78.6 Å². The van der Waals surface area contributed by atoms with Crippen molar-refractivity contribution >= 4 is 17.5 Å². The molecule has 1 amide bonds. The second-order valence-electron chi connectivity index (χ2n) is 10.6. The predicted molar refractivity (Wildman–Crippen MR) is 151 cm³/mol. The van der Waals surface area contributed by atoms with Crippen LogP contribution in [0.2, 0.25) is 5.02 Å². The van der Waals surface area contributed by atoms with Gasteiger partial charge in [-0.3, -0.25) is 9.69 Å². The van der Waals surface area contributed by atoms with E-state index in [1.807, 2.05) is 24.3 Å². The van der Waals surface area contributed by atoms with Gasteiger partial charge in [-0.2, -0.15) is 0 Å². The Hall–Kier alpha value is -2.97. The van der Waals surface area contributed by atoms with Gasteiger partial charge in [-0.25, -0.2) is 4.39 Å². The maximum Gasteiger partial charge on any atom is 0.260 e. The zero-order valence-electron chi connectivity index (χ0n) is 22.3. The van der Waals surface area contributed by atoms with Gasteiger partial charge >= 0.3 is 0 Å². The summed E-state index contributed by atoms with van der Waals surface area (Å²) in [4.78, 5) is 19.5. The highest BCUT2D eigenvalue weighted by Crippen LogP contribution is 2.34. The molecular weight excluding hydrogens is 517 g/mol. The Balaban J connectivity index is 1.25. The lowest BCUT2D eigenvalue weighted by Gasteiger charge is -2.38. The number of halogens is 2. The van der Waals surface area contributed by atoms with E-state index in [0.717, 1.165) is 48.4 Å². The molecular formula is C31H35ClFN3O3. The van der Waals surface area contributed by atoms with Crippen LogP contribution < -0.4 is 4.74 Å². The summed E-state index contributed by atoms with van der Waals surface area (Å²) in [5.41, 5.74) is 2.78. The van der Waals surface area contributed by atoms with Crippen LogP contribution >= 0.6 is 11.6 Å². The Morgan fingerprint density at radius 1 is 0.923 bits per heavy atom. The molecule has 0 aromatic heterocycles. The predicted octanol–water partition coefficient (Wildman–Crippen LogP) is 4.78. The summed E-state index contributed by atoms with van der Waals surface area (Å²) in [6.45, 7) is 5.49. The second kappa shape index (κ2) is 12.0. The maximum absolute atomic E-state index is 13.5.